The third kappa shape index (κ3) is 6.04. The molecule has 0 spiro atoms. The number of para-hydroxylation sites is 1. The van der Waals surface area contributed by atoms with E-state index in [1.54, 1.807) is 0 Å². The van der Waals surface area contributed by atoms with Gasteiger partial charge in [0.1, 0.15) is 11.9 Å². The van der Waals surface area contributed by atoms with Crippen molar-refractivity contribution in [2.75, 3.05) is 0 Å². The zero-order valence-electron chi connectivity index (χ0n) is 17.1. The van der Waals surface area contributed by atoms with Crippen LogP contribution in [0.1, 0.15) is 50.5 Å². The number of hydrogen-bond donors (Lipinski definition) is 4. The molecule has 1 aliphatic heterocycles. The number of carbonyl (C=O) groups is 1. The van der Waals surface area contributed by atoms with Crippen LogP contribution in [-0.2, 0) is 16.1 Å². The van der Waals surface area contributed by atoms with Crippen molar-refractivity contribution in [1.82, 2.24) is 0 Å². The largest absolute Gasteiger partial charge is 0.481 e. The van der Waals surface area contributed by atoms with Crippen LogP contribution in [0.5, 0.6) is 5.75 Å². The number of carboxylic acid groups (broad SMARTS) is 1. The first kappa shape index (κ1) is 22.7. The van der Waals surface area contributed by atoms with Crippen LogP contribution in [0.2, 0.25) is 0 Å². The summed E-state index contributed by atoms with van der Waals surface area (Å²) in [5.41, 5.74) is 0.950. The number of rotatable bonds is 10. The number of aliphatic hydroxyl groups is 3. The predicted molar refractivity (Wildman–Crippen MR) is 110 cm³/mol. The van der Waals surface area contributed by atoms with E-state index in [4.69, 9.17) is 14.6 Å². The summed E-state index contributed by atoms with van der Waals surface area (Å²) in [6.45, 7) is 0.387. The summed E-state index contributed by atoms with van der Waals surface area (Å²) in [7, 11) is 0. The molecule has 6 atom stereocenters. The molecule has 7 heteroatoms. The molecule has 0 bridgehead atoms. The molecule has 7 nitrogen and oxygen atoms in total. The van der Waals surface area contributed by atoms with E-state index in [1.165, 1.54) is 0 Å². The lowest BCUT2D eigenvalue weighted by atomic mass is 9.86. The highest BCUT2D eigenvalue weighted by Gasteiger charge is 2.41. The van der Waals surface area contributed by atoms with Crippen LogP contribution >= 0.6 is 0 Å². The molecule has 1 aliphatic carbocycles. The van der Waals surface area contributed by atoms with Gasteiger partial charge in [-0.25, -0.2) is 0 Å². The minimum absolute atomic E-state index is 0.0863. The van der Waals surface area contributed by atoms with Gasteiger partial charge in [0.15, 0.2) is 0 Å². The molecular formula is C23H32O7. The Morgan fingerprint density at radius 2 is 1.93 bits per heavy atom. The van der Waals surface area contributed by atoms with E-state index in [2.05, 4.69) is 0 Å². The zero-order valence-corrected chi connectivity index (χ0v) is 17.1. The number of ether oxygens (including phenoxy) is 2. The fourth-order valence-electron chi connectivity index (χ4n) is 4.41. The highest BCUT2D eigenvalue weighted by molar-refractivity contribution is 5.66. The number of hydrogen-bond acceptors (Lipinski definition) is 6. The summed E-state index contributed by atoms with van der Waals surface area (Å²) < 4.78 is 11.4. The quantitative estimate of drug-likeness (QED) is 0.340. The van der Waals surface area contributed by atoms with Gasteiger partial charge in [-0.1, -0.05) is 30.4 Å². The topological polar surface area (TPSA) is 116 Å². The van der Waals surface area contributed by atoms with Gasteiger partial charge >= 0.3 is 5.97 Å². The summed E-state index contributed by atoms with van der Waals surface area (Å²) in [6, 6.07) is 7.57. The second-order valence-electron chi connectivity index (χ2n) is 8.24. The van der Waals surface area contributed by atoms with Crippen molar-refractivity contribution in [1.29, 1.82) is 0 Å². The van der Waals surface area contributed by atoms with Crippen molar-refractivity contribution >= 4 is 5.97 Å². The molecule has 1 aromatic rings. The molecule has 166 valence electrons. The van der Waals surface area contributed by atoms with Crippen molar-refractivity contribution in [2.45, 2.75) is 76.2 Å². The maximum absolute atomic E-state index is 10.6. The Morgan fingerprint density at radius 3 is 2.73 bits per heavy atom. The molecule has 0 radical (unpaired) electrons. The Labute approximate surface area is 176 Å². The average Bonchev–Trinajstić information content (AvgIpc) is 3.00. The van der Waals surface area contributed by atoms with Crippen molar-refractivity contribution in [3.05, 3.63) is 42.0 Å². The summed E-state index contributed by atoms with van der Waals surface area (Å²) in [6.07, 6.45) is 4.47. The minimum atomic E-state index is -0.824. The maximum atomic E-state index is 10.6. The fourth-order valence-corrected chi connectivity index (χ4v) is 4.41. The first-order valence-corrected chi connectivity index (χ1v) is 10.7. The number of carboxylic acids is 1. The average molecular weight is 421 g/mol. The number of aliphatic carboxylic acids is 1. The van der Waals surface area contributed by atoms with Gasteiger partial charge in [0.2, 0.25) is 6.29 Å². The number of unbranched alkanes of at least 4 members (excludes halogenated alkanes) is 1. The Balaban J connectivity index is 1.47. The van der Waals surface area contributed by atoms with Crippen molar-refractivity contribution < 1.29 is 34.7 Å². The van der Waals surface area contributed by atoms with Crippen LogP contribution in [0.4, 0.5) is 0 Å². The first-order chi connectivity index (χ1) is 14.5. The van der Waals surface area contributed by atoms with Gasteiger partial charge < -0.3 is 29.9 Å². The molecule has 0 unspecified atom stereocenters. The van der Waals surface area contributed by atoms with E-state index in [1.807, 2.05) is 36.4 Å². The molecule has 0 saturated heterocycles. The number of fused-ring (bicyclic) bond motifs is 1. The summed E-state index contributed by atoms with van der Waals surface area (Å²) in [5, 5.41) is 40.0. The normalized spacial score (nSPS) is 29.5. The van der Waals surface area contributed by atoms with E-state index >= 15 is 0 Å². The van der Waals surface area contributed by atoms with Crippen LogP contribution in [0, 0.1) is 11.8 Å². The smallest absolute Gasteiger partial charge is 0.303 e. The fraction of sp³-hybridized carbons (Fsp3) is 0.609. The third-order valence-corrected chi connectivity index (χ3v) is 6.09. The van der Waals surface area contributed by atoms with E-state index in [0.717, 1.165) is 11.3 Å². The zero-order chi connectivity index (χ0) is 21.5. The van der Waals surface area contributed by atoms with E-state index in [9.17, 15) is 20.1 Å². The van der Waals surface area contributed by atoms with Crippen LogP contribution in [-0.4, -0.2) is 51.0 Å². The van der Waals surface area contributed by atoms with Crippen molar-refractivity contribution in [3.8, 4) is 5.75 Å². The van der Waals surface area contributed by atoms with Crippen LogP contribution in [0.25, 0.3) is 0 Å². The SMILES string of the molecule is O=C(O)CCC/C=C\C[C@@H]1[C@@H](CC[C@H](O)[C@H]2OCc3ccccc3O2)[C@H](O)C[C@@H]1O. The predicted octanol–water partition coefficient (Wildman–Crippen LogP) is 2.62. The van der Waals surface area contributed by atoms with Crippen LogP contribution in [0.15, 0.2) is 36.4 Å². The Kier molecular flexibility index (Phi) is 8.27. The molecular weight excluding hydrogens is 388 g/mol. The lowest BCUT2D eigenvalue weighted by Crippen LogP contribution is -2.37. The summed E-state index contributed by atoms with van der Waals surface area (Å²) >= 11 is 0. The standard InChI is InChI=1S/C23H32O7/c24-18(23-29-14-15-7-5-6-9-21(15)30-23)12-11-17-16(19(25)13-20(17)26)8-3-1-2-4-10-22(27)28/h1,3,5-7,9,16-20,23-26H,2,4,8,10-14H2,(H,27,28)/b3-1-/t16-,17-,18+,19+,20-,23+/m1/s1. The lowest BCUT2D eigenvalue weighted by Gasteiger charge is -2.31. The van der Waals surface area contributed by atoms with E-state index in [0.29, 0.717) is 45.1 Å². The monoisotopic (exact) mass is 420 g/mol. The second kappa shape index (κ2) is 10.9. The highest BCUT2D eigenvalue weighted by Crippen LogP contribution is 2.39. The Hall–Kier alpha value is -1.93. The molecule has 1 saturated carbocycles. The minimum Gasteiger partial charge on any atom is -0.481 e. The summed E-state index contributed by atoms with van der Waals surface area (Å²) in [5.74, 6) is -0.285. The molecule has 30 heavy (non-hydrogen) atoms. The van der Waals surface area contributed by atoms with E-state index in [-0.39, 0.29) is 18.3 Å². The number of aliphatic hydroxyl groups excluding tert-OH is 3. The molecule has 3 rings (SSSR count). The van der Waals surface area contributed by atoms with Gasteiger partial charge in [-0.3, -0.25) is 4.79 Å². The highest BCUT2D eigenvalue weighted by atomic mass is 16.7. The third-order valence-electron chi connectivity index (χ3n) is 6.09. The van der Waals surface area contributed by atoms with Crippen LogP contribution in [0.3, 0.4) is 0 Å². The Bertz CT molecular complexity index is 719. The molecule has 1 aromatic carbocycles. The van der Waals surface area contributed by atoms with Gasteiger partial charge in [-0.2, -0.15) is 0 Å². The number of allylic oxidation sites excluding steroid dienone is 2. The van der Waals surface area contributed by atoms with Gasteiger partial charge in [-0.05, 0) is 56.4 Å². The van der Waals surface area contributed by atoms with Gasteiger partial charge in [0.05, 0.1) is 18.8 Å². The van der Waals surface area contributed by atoms with E-state index < -0.39 is 30.6 Å². The van der Waals surface area contributed by atoms with Crippen molar-refractivity contribution in [2.24, 2.45) is 11.8 Å². The lowest BCUT2D eigenvalue weighted by molar-refractivity contribution is -0.168. The molecule has 1 heterocycles. The summed E-state index contributed by atoms with van der Waals surface area (Å²) in [4.78, 5) is 10.5. The van der Waals surface area contributed by atoms with Gasteiger partial charge in [0, 0.05) is 12.0 Å². The number of benzene rings is 1. The second-order valence-corrected chi connectivity index (χ2v) is 8.24. The molecule has 2 aliphatic rings. The molecule has 0 amide bonds. The first-order valence-electron chi connectivity index (χ1n) is 10.7. The maximum Gasteiger partial charge on any atom is 0.303 e. The van der Waals surface area contributed by atoms with Gasteiger partial charge in [0.25, 0.3) is 0 Å². The van der Waals surface area contributed by atoms with Crippen molar-refractivity contribution in [3.63, 3.8) is 0 Å². The van der Waals surface area contributed by atoms with Crippen LogP contribution < -0.4 is 4.74 Å². The molecule has 1 fully saturated rings. The molecule has 0 aromatic heterocycles. The van der Waals surface area contributed by atoms with Gasteiger partial charge in [-0.15, -0.1) is 0 Å². The molecule has 4 N–H and O–H groups in total. The Morgan fingerprint density at radius 1 is 1.17 bits per heavy atom.